The van der Waals surface area contributed by atoms with Gasteiger partial charge < -0.3 is 14.5 Å². The number of sulfonamides is 1. The average Bonchev–Trinajstić information content (AvgIpc) is 2.65. The molecule has 2 rings (SSSR count). The Hall–Kier alpha value is -2.13. The molecule has 1 saturated heterocycles. The molecule has 1 aliphatic rings. The molecule has 0 bridgehead atoms. The van der Waals surface area contributed by atoms with Crippen LogP contribution in [-0.2, 0) is 26.0 Å². The van der Waals surface area contributed by atoms with Gasteiger partial charge >= 0.3 is 0 Å². The molecule has 0 spiro atoms. The molecule has 0 unspecified atom stereocenters. The first-order valence-electron chi connectivity index (χ1n) is 8.80. The summed E-state index contributed by atoms with van der Waals surface area (Å²) in [7, 11) is -0.391. The molecule has 2 amide bonds. The fourth-order valence-electron chi connectivity index (χ4n) is 2.81. The maximum Gasteiger partial charge on any atom is 0.238 e. The van der Waals surface area contributed by atoms with E-state index >= 15 is 0 Å². The highest BCUT2D eigenvalue weighted by molar-refractivity contribution is 7.88. The van der Waals surface area contributed by atoms with Crippen molar-refractivity contribution in [1.29, 1.82) is 0 Å². The van der Waals surface area contributed by atoms with Gasteiger partial charge in [0, 0.05) is 39.6 Å². The quantitative estimate of drug-likeness (QED) is 0.656. The molecule has 0 aliphatic carbocycles. The number of amides is 2. The molecule has 1 aromatic rings. The second-order valence-corrected chi connectivity index (χ2v) is 8.72. The first-order valence-corrected chi connectivity index (χ1v) is 10.7. The van der Waals surface area contributed by atoms with Crippen molar-refractivity contribution in [2.75, 3.05) is 53.1 Å². The van der Waals surface area contributed by atoms with Crippen molar-refractivity contribution in [2.45, 2.75) is 12.8 Å². The largest absolute Gasteiger partial charge is 0.497 e. The van der Waals surface area contributed by atoms with Gasteiger partial charge in [0.25, 0.3) is 0 Å². The van der Waals surface area contributed by atoms with Crippen LogP contribution in [0.2, 0.25) is 0 Å². The molecule has 1 aromatic carbocycles. The van der Waals surface area contributed by atoms with Crippen LogP contribution in [0.25, 0.3) is 0 Å². The molecular weight excluding hydrogens is 370 g/mol. The minimum atomic E-state index is -3.39. The summed E-state index contributed by atoms with van der Waals surface area (Å²) in [5, 5.41) is 0. The Morgan fingerprint density at radius 2 is 1.56 bits per heavy atom. The highest BCUT2D eigenvalue weighted by Crippen LogP contribution is 2.13. The normalized spacial score (nSPS) is 15.1. The van der Waals surface area contributed by atoms with Crippen molar-refractivity contribution >= 4 is 21.8 Å². The van der Waals surface area contributed by atoms with E-state index in [2.05, 4.69) is 0 Å². The van der Waals surface area contributed by atoms with Crippen LogP contribution in [0, 0.1) is 0 Å². The zero-order valence-corrected chi connectivity index (χ0v) is 16.9. The molecule has 0 aromatic heterocycles. The van der Waals surface area contributed by atoms with Crippen LogP contribution in [0.1, 0.15) is 12.0 Å². The van der Waals surface area contributed by atoms with E-state index in [0.717, 1.165) is 21.9 Å². The molecule has 27 heavy (non-hydrogen) atoms. The molecule has 9 heteroatoms. The van der Waals surface area contributed by atoms with Crippen LogP contribution in [0.4, 0.5) is 0 Å². The summed E-state index contributed by atoms with van der Waals surface area (Å²) in [5.41, 5.74) is 1.07. The number of nitrogens with zero attached hydrogens (tertiary/aromatic N) is 3. The predicted octanol–water partition coefficient (Wildman–Crippen LogP) is 0.190. The van der Waals surface area contributed by atoms with Gasteiger partial charge in [-0.25, -0.2) is 8.42 Å². The lowest BCUT2D eigenvalue weighted by Gasteiger charge is -2.35. The highest BCUT2D eigenvalue weighted by Gasteiger charge is 2.25. The van der Waals surface area contributed by atoms with E-state index in [-0.39, 0.29) is 18.4 Å². The van der Waals surface area contributed by atoms with Crippen molar-refractivity contribution < 1.29 is 22.7 Å². The number of likely N-dealkylation sites (N-methyl/N-ethyl adjacent to an activating group) is 1. The van der Waals surface area contributed by atoms with Crippen molar-refractivity contribution in [3.63, 3.8) is 0 Å². The Morgan fingerprint density at radius 3 is 2.04 bits per heavy atom. The minimum absolute atomic E-state index is 0.0613. The number of methoxy groups -OCH3 is 1. The number of carbonyl (C=O) groups is 2. The third-order valence-electron chi connectivity index (χ3n) is 4.70. The third kappa shape index (κ3) is 6.21. The Kier molecular flexibility index (Phi) is 7.20. The van der Waals surface area contributed by atoms with Gasteiger partial charge in [0.05, 0.1) is 19.9 Å². The standard InChI is InChI=1S/C18H27N3O5S/c1-19(27(3,24)25)14-18(23)21-12-10-20(11-13-21)17(22)9-6-15-4-7-16(26-2)8-5-15/h4-5,7-8H,6,9-14H2,1-3H3. The number of rotatable bonds is 7. The summed E-state index contributed by atoms with van der Waals surface area (Å²) < 4.78 is 29.0. The van der Waals surface area contributed by atoms with E-state index in [9.17, 15) is 18.0 Å². The summed E-state index contributed by atoms with van der Waals surface area (Å²) >= 11 is 0. The summed E-state index contributed by atoms with van der Waals surface area (Å²) in [5.74, 6) is 0.604. The van der Waals surface area contributed by atoms with E-state index in [0.29, 0.717) is 39.0 Å². The predicted molar refractivity (Wildman–Crippen MR) is 102 cm³/mol. The van der Waals surface area contributed by atoms with Crippen LogP contribution in [-0.4, -0.2) is 87.5 Å². The smallest absolute Gasteiger partial charge is 0.238 e. The number of benzene rings is 1. The Balaban J connectivity index is 1.77. The molecule has 0 radical (unpaired) electrons. The Bertz CT molecular complexity index is 756. The fraction of sp³-hybridized carbons (Fsp3) is 0.556. The first-order chi connectivity index (χ1) is 12.7. The zero-order valence-electron chi connectivity index (χ0n) is 16.1. The number of carbonyl (C=O) groups excluding carboxylic acids is 2. The minimum Gasteiger partial charge on any atom is -0.497 e. The lowest BCUT2D eigenvalue weighted by Crippen LogP contribution is -2.52. The fourth-order valence-corrected chi connectivity index (χ4v) is 3.16. The Labute approximate surface area is 160 Å². The molecule has 8 nitrogen and oxygen atoms in total. The van der Waals surface area contributed by atoms with E-state index in [4.69, 9.17) is 4.74 Å². The number of aryl methyl sites for hydroxylation is 1. The molecule has 1 fully saturated rings. The summed E-state index contributed by atoms with van der Waals surface area (Å²) in [6, 6.07) is 7.64. The number of hydrogen-bond donors (Lipinski definition) is 0. The highest BCUT2D eigenvalue weighted by atomic mass is 32.2. The SMILES string of the molecule is COc1ccc(CCC(=O)N2CCN(C(=O)CN(C)S(C)(=O)=O)CC2)cc1. The topological polar surface area (TPSA) is 87.2 Å². The first kappa shape index (κ1) is 21.2. The van der Waals surface area contributed by atoms with Gasteiger partial charge in [0.1, 0.15) is 5.75 Å². The van der Waals surface area contributed by atoms with Crippen LogP contribution in [0.15, 0.2) is 24.3 Å². The molecular formula is C18H27N3O5S. The lowest BCUT2D eigenvalue weighted by atomic mass is 10.1. The maximum absolute atomic E-state index is 12.4. The molecule has 150 valence electrons. The van der Waals surface area contributed by atoms with Gasteiger partial charge in [0.2, 0.25) is 21.8 Å². The number of piperazine rings is 1. The van der Waals surface area contributed by atoms with Crippen LogP contribution in [0.5, 0.6) is 5.75 Å². The zero-order chi connectivity index (χ0) is 20.0. The second kappa shape index (κ2) is 9.18. The average molecular weight is 397 g/mol. The second-order valence-electron chi connectivity index (χ2n) is 6.63. The van der Waals surface area contributed by atoms with E-state index in [1.165, 1.54) is 7.05 Å². The van der Waals surface area contributed by atoms with E-state index < -0.39 is 10.0 Å². The van der Waals surface area contributed by atoms with Crippen LogP contribution >= 0.6 is 0 Å². The summed E-state index contributed by atoms with van der Waals surface area (Å²) in [4.78, 5) is 28.0. The third-order valence-corrected chi connectivity index (χ3v) is 5.96. The van der Waals surface area contributed by atoms with Gasteiger partial charge in [-0.3, -0.25) is 9.59 Å². The van der Waals surface area contributed by atoms with Gasteiger partial charge in [-0.1, -0.05) is 12.1 Å². The van der Waals surface area contributed by atoms with Gasteiger partial charge in [-0.05, 0) is 24.1 Å². The van der Waals surface area contributed by atoms with Crippen LogP contribution in [0.3, 0.4) is 0 Å². The summed E-state index contributed by atoms with van der Waals surface area (Å²) in [6.07, 6.45) is 2.14. The summed E-state index contributed by atoms with van der Waals surface area (Å²) in [6.45, 7) is 1.60. The Morgan fingerprint density at radius 1 is 1.04 bits per heavy atom. The molecule has 0 atom stereocenters. The van der Waals surface area contributed by atoms with Gasteiger partial charge in [-0.15, -0.1) is 0 Å². The molecule has 1 aliphatic heterocycles. The van der Waals surface area contributed by atoms with Crippen molar-refractivity contribution in [2.24, 2.45) is 0 Å². The van der Waals surface area contributed by atoms with Crippen molar-refractivity contribution in [1.82, 2.24) is 14.1 Å². The van der Waals surface area contributed by atoms with Crippen LogP contribution < -0.4 is 4.74 Å². The maximum atomic E-state index is 12.4. The molecule has 1 heterocycles. The van der Waals surface area contributed by atoms with Gasteiger partial charge in [-0.2, -0.15) is 4.31 Å². The number of hydrogen-bond acceptors (Lipinski definition) is 5. The van der Waals surface area contributed by atoms with Crippen molar-refractivity contribution in [3.05, 3.63) is 29.8 Å². The molecule has 0 saturated carbocycles. The molecule has 0 N–H and O–H groups in total. The van der Waals surface area contributed by atoms with Gasteiger partial charge in [0.15, 0.2) is 0 Å². The number of ether oxygens (including phenoxy) is 1. The monoisotopic (exact) mass is 397 g/mol. The van der Waals surface area contributed by atoms with E-state index in [1.807, 2.05) is 24.3 Å². The van der Waals surface area contributed by atoms with E-state index in [1.54, 1.807) is 16.9 Å². The van der Waals surface area contributed by atoms with Crippen molar-refractivity contribution in [3.8, 4) is 5.75 Å². The lowest BCUT2D eigenvalue weighted by molar-refractivity contribution is -0.139.